The van der Waals surface area contributed by atoms with Gasteiger partial charge in [0.1, 0.15) is 12.4 Å². The van der Waals surface area contributed by atoms with Gasteiger partial charge in [-0.1, -0.05) is 18.2 Å². The van der Waals surface area contributed by atoms with Gasteiger partial charge < -0.3 is 9.64 Å². The van der Waals surface area contributed by atoms with E-state index in [2.05, 4.69) is 64.8 Å². The molecule has 0 unspecified atom stereocenters. The van der Waals surface area contributed by atoms with E-state index in [9.17, 15) is 0 Å². The summed E-state index contributed by atoms with van der Waals surface area (Å²) in [4.78, 5) is 7.42. The molecule has 0 N–H and O–H groups in total. The zero-order valence-electron chi connectivity index (χ0n) is 15.8. The number of hydrogen-bond acceptors (Lipinski definition) is 5. The highest BCUT2D eigenvalue weighted by atomic mass is 32.2. The Morgan fingerprint density at radius 2 is 1.84 bits per heavy atom. The molecule has 0 aromatic heterocycles. The third-order valence-corrected chi connectivity index (χ3v) is 6.52. The molecule has 0 radical (unpaired) electrons. The molecule has 2 aliphatic heterocycles. The minimum absolute atomic E-state index is 0.722. The Balaban J connectivity index is 1.48. The highest BCUT2D eigenvalue weighted by molar-refractivity contribution is 7.99. The fourth-order valence-electron chi connectivity index (χ4n) is 3.66. The highest BCUT2D eigenvalue weighted by Gasteiger charge is 2.19. The van der Waals surface area contributed by atoms with Gasteiger partial charge in [-0.05, 0) is 44.5 Å². The molecule has 0 amide bonds. The molecular weight excluding hydrogens is 330 g/mol. The first-order valence-corrected chi connectivity index (χ1v) is 10.8. The molecule has 3 rings (SSSR count). The van der Waals surface area contributed by atoms with Gasteiger partial charge in [-0.25, -0.2) is 0 Å². The fraction of sp³-hybridized carbons (Fsp3) is 0.700. The Kier molecular flexibility index (Phi) is 7.47. The molecule has 140 valence electrons. The van der Waals surface area contributed by atoms with Crippen molar-refractivity contribution in [3.63, 3.8) is 0 Å². The first-order valence-electron chi connectivity index (χ1n) is 9.62. The molecule has 2 saturated heterocycles. The van der Waals surface area contributed by atoms with Gasteiger partial charge in [0, 0.05) is 50.9 Å². The van der Waals surface area contributed by atoms with Crippen molar-refractivity contribution in [3.05, 3.63) is 29.8 Å². The summed E-state index contributed by atoms with van der Waals surface area (Å²) in [7, 11) is 4.47. The number of rotatable bonds is 7. The van der Waals surface area contributed by atoms with E-state index in [1.165, 1.54) is 43.0 Å². The summed E-state index contributed by atoms with van der Waals surface area (Å²) in [5.41, 5.74) is 1.32. The van der Waals surface area contributed by atoms with Crippen LogP contribution in [0.4, 0.5) is 0 Å². The maximum Gasteiger partial charge on any atom is 0.123 e. The quantitative estimate of drug-likeness (QED) is 0.739. The maximum absolute atomic E-state index is 6.17. The van der Waals surface area contributed by atoms with Crippen LogP contribution in [0.1, 0.15) is 18.4 Å². The van der Waals surface area contributed by atoms with Crippen molar-refractivity contribution < 1.29 is 4.74 Å². The lowest BCUT2D eigenvalue weighted by Crippen LogP contribution is -2.45. The molecule has 0 saturated carbocycles. The molecule has 4 nitrogen and oxygen atoms in total. The van der Waals surface area contributed by atoms with Crippen molar-refractivity contribution >= 4 is 11.8 Å². The van der Waals surface area contributed by atoms with Gasteiger partial charge in [0.25, 0.3) is 0 Å². The first kappa shape index (κ1) is 19.0. The second kappa shape index (κ2) is 9.81. The van der Waals surface area contributed by atoms with Crippen molar-refractivity contribution in [2.24, 2.45) is 0 Å². The van der Waals surface area contributed by atoms with Crippen molar-refractivity contribution in [1.82, 2.24) is 14.7 Å². The molecule has 2 aliphatic rings. The van der Waals surface area contributed by atoms with Crippen LogP contribution in [0.3, 0.4) is 0 Å². The number of ether oxygens (including phenoxy) is 1. The van der Waals surface area contributed by atoms with Crippen LogP contribution < -0.4 is 4.74 Å². The molecule has 0 spiro atoms. The van der Waals surface area contributed by atoms with Crippen LogP contribution >= 0.6 is 11.8 Å². The molecule has 2 heterocycles. The molecule has 0 atom stereocenters. The van der Waals surface area contributed by atoms with Gasteiger partial charge in [-0.15, -0.1) is 0 Å². The summed E-state index contributed by atoms with van der Waals surface area (Å²) >= 11 is 2.09. The molecule has 1 aromatic rings. The SMILES string of the molecule is CN1CCN(CCOc2ccccc2CN(C)C2CCSCC2)CC1. The maximum atomic E-state index is 6.17. The lowest BCUT2D eigenvalue weighted by molar-refractivity contribution is 0.133. The number of thioether (sulfide) groups is 1. The van der Waals surface area contributed by atoms with Gasteiger partial charge in [0.05, 0.1) is 0 Å². The van der Waals surface area contributed by atoms with Crippen LogP contribution in [0.5, 0.6) is 5.75 Å². The predicted molar refractivity (Wildman–Crippen MR) is 108 cm³/mol. The number of piperazine rings is 1. The van der Waals surface area contributed by atoms with Crippen LogP contribution in [0.15, 0.2) is 24.3 Å². The van der Waals surface area contributed by atoms with Crippen molar-refractivity contribution in [2.75, 3.05) is 64.9 Å². The largest absolute Gasteiger partial charge is 0.492 e. The molecule has 0 aliphatic carbocycles. The second-order valence-electron chi connectivity index (χ2n) is 7.36. The number of para-hydroxylation sites is 1. The summed E-state index contributed by atoms with van der Waals surface area (Å²) in [6.45, 7) is 7.44. The van der Waals surface area contributed by atoms with E-state index >= 15 is 0 Å². The minimum atomic E-state index is 0.722. The fourth-order valence-corrected chi connectivity index (χ4v) is 4.74. The molecule has 1 aromatic carbocycles. The molecule has 5 heteroatoms. The van der Waals surface area contributed by atoms with Gasteiger partial charge in [0.2, 0.25) is 0 Å². The second-order valence-corrected chi connectivity index (χ2v) is 8.58. The third-order valence-electron chi connectivity index (χ3n) is 5.47. The van der Waals surface area contributed by atoms with Gasteiger partial charge in [0.15, 0.2) is 0 Å². The zero-order valence-corrected chi connectivity index (χ0v) is 16.6. The molecule has 25 heavy (non-hydrogen) atoms. The van der Waals surface area contributed by atoms with E-state index in [1.807, 2.05) is 0 Å². The Morgan fingerprint density at radius 3 is 2.60 bits per heavy atom. The number of nitrogens with zero attached hydrogens (tertiary/aromatic N) is 3. The van der Waals surface area contributed by atoms with E-state index in [-0.39, 0.29) is 0 Å². The summed E-state index contributed by atoms with van der Waals surface area (Å²) in [5, 5.41) is 0. The standard InChI is InChI=1S/C20H33N3OS/c1-21-9-11-23(12-10-21)13-14-24-20-6-4-3-5-18(20)17-22(2)19-7-15-25-16-8-19/h3-6,19H,7-17H2,1-2H3. The normalized spacial score (nSPS) is 20.9. The van der Waals surface area contributed by atoms with Crippen molar-refractivity contribution in [2.45, 2.75) is 25.4 Å². The Hall–Kier alpha value is -0.750. The van der Waals surface area contributed by atoms with Crippen LogP contribution in [-0.2, 0) is 6.54 Å². The Bertz CT molecular complexity index is 513. The highest BCUT2D eigenvalue weighted by Crippen LogP contribution is 2.25. The smallest absolute Gasteiger partial charge is 0.123 e. The zero-order chi connectivity index (χ0) is 17.5. The molecular formula is C20H33N3OS. The van der Waals surface area contributed by atoms with Crippen LogP contribution in [0, 0.1) is 0 Å². The van der Waals surface area contributed by atoms with Gasteiger partial charge >= 0.3 is 0 Å². The van der Waals surface area contributed by atoms with Crippen LogP contribution in [0.2, 0.25) is 0 Å². The van der Waals surface area contributed by atoms with E-state index in [0.717, 1.165) is 44.6 Å². The summed E-state index contributed by atoms with van der Waals surface area (Å²) in [5.74, 6) is 3.67. The lowest BCUT2D eigenvalue weighted by atomic mass is 10.1. The number of likely N-dealkylation sites (N-methyl/N-ethyl adjacent to an activating group) is 1. The van der Waals surface area contributed by atoms with E-state index < -0.39 is 0 Å². The summed E-state index contributed by atoms with van der Waals surface area (Å²) in [6.07, 6.45) is 2.63. The van der Waals surface area contributed by atoms with E-state index in [4.69, 9.17) is 4.74 Å². The topological polar surface area (TPSA) is 19.0 Å². The average Bonchev–Trinajstić information content (AvgIpc) is 2.65. The first-order chi connectivity index (χ1) is 12.2. The minimum Gasteiger partial charge on any atom is -0.492 e. The van der Waals surface area contributed by atoms with E-state index in [1.54, 1.807) is 0 Å². The summed E-state index contributed by atoms with van der Waals surface area (Å²) < 4.78 is 6.17. The predicted octanol–water partition coefficient (Wildman–Crippen LogP) is 2.64. The summed E-state index contributed by atoms with van der Waals surface area (Å²) in [6, 6.07) is 9.29. The Morgan fingerprint density at radius 1 is 1.12 bits per heavy atom. The third kappa shape index (κ3) is 5.88. The number of benzene rings is 1. The van der Waals surface area contributed by atoms with Crippen LogP contribution in [0.25, 0.3) is 0 Å². The molecule has 0 bridgehead atoms. The lowest BCUT2D eigenvalue weighted by Gasteiger charge is -2.32. The van der Waals surface area contributed by atoms with Gasteiger partial charge in [-0.3, -0.25) is 9.80 Å². The van der Waals surface area contributed by atoms with Crippen LogP contribution in [-0.4, -0.2) is 85.7 Å². The Labute approximate surface area is 157 Å². The monoisotopic (exact) mass is 363 g/mol. The molecule has 2 fully saturated rings. The van der Waals surface area contributed by atoms with Crippen molar-refractivity contribution in [1.29, 1.82) is 0 Å². The number of hydrogen-bond donors (Lipinski definition) is 0. The average molecular weight is 364 g/mol. The van der Waals surface area contributed by atoms with E-state index in [0.29, 0.717) is 0 Å². The van der Waals surface area contributed by atoms with Crippen molar-refractivity contribution in [3.8, 4) is 5.75 Å². The van der Waals surface area contributed by atoms with Gasteiger partial charge in [-0.2, -0.15) is 11.8 Å².